The highest BCUT2D eigenvalue weighted by molar-refractivity contribution is 6.00. The predicted molar refractivity (Wildman–Crippen MR) is 141 cm³/mol. The summed E-state index contributed by atoms with van der Waals surface area (Å²) in [6.07, 6.45) is 7.25. The molecule has 0 unspecified atom stereocenters. The van der Waals surface area contributed by atoms with Gasteiger partial charge in [-0.25, -0.2) is 4.98 Å². The molecule has 11 heteroatoms. The van der Waals surface area contributed by atoms with Crippen molar-refractivity contribution >= 4 is 23.2 Å². The molecule has 4 heterocycles. The van der Waals surface area contributed by atoms with Crippen molar-refractivity contribution in [1.29, 1.82) is 0 Å². The Morgan fingerprint density at radius 1 is 1.18 bits per heavy atom. The van der Waals surface area contributed by atoms with Crippen LogP contribution in [0.15, 0.2) is 42.9 Å². The fourth-order valence-electron chi connectivity index (χ4n) is 5.23. The third-order valence-corrected chi connectivity index (χ3v) is 7.31. The Kier molecular flexibility index (Phi) is 6.96. The van der Waals surface area contributed by atoms with Crippen molar-refractivity contribution in [2.24, 2.45) is 5.73 Å². The minimum atomic E-state index is -1.06. The van der Waals surface area contributed by atoms with Crippen LogP contribution in [0.1, 0.15) is 54.6 Å². The summed E-state index contributed by atoms with van der Waals surface area (Å²) in [7, 11) is 1.57. The second kappa shape index (κ2) is 10.3. The number of amides is 1. The number of rotatable bonds is 9. The van der Waals surface area contributed by atoms with Gasteiger partial charge in [0.1, 0.15) is 11.4 Å². The lowest BCUT2D eigenvalue weighted by atomic mass is 9.76. The molecule has 5 N–H and O–H groups in total. The molecule has 4 aromatic heterocycles. The van der Waals surface area contributed by atoms with Crippen LogP contribution in [0, 0.1) is 0 Å². The largest absolute Gasteiger partial charge is 0.383 e. The number of hydrogen-bond acceptors (Lipinski definition) is 8. The number of carbonyl (C=O) groups excluding carboxylic acids is 2. The van der Waals surface area contributed by atoms with Crippen LogP contribution in [0.25, 0.3) is 28.2 Å². The zero-order chi connectivity index (χ0) is 26.9. The first-order valence-corrected chi connectivity index (χ1v) is 12.6. The van der Waals surface area contributed by atoms with E-state index in [0.29, 0.717) is 49.2 Å². The highest BCUT2D eigenvalue weighted by atomic mass is 16.5. The van der Waals surface area contributed by atoms with E-state index < -0.39 is 11.5 Å². The summed E-state index contributed by atoms with van der Waals surface area (Å²) in [6, 6.07) is 7.75. The van der Waals surface area contributed by atoms with Crippen molar-refractivity contribution < 1.29 is 19.1 Å². The molecule has 0 saturated heterocycles. The summed E-state index contributed by atoms with van der Waals surface area (Å²) in [5.74, 6) is -0.544. The number of nitrogens with zero attached hydrogens (tertiary/aromatic N) is 4. The van der Waals surface area contributed by atoms with Gasteiger partial charge in [0.25, 0.3) is 0 Å². The van der Waals surface area contributed by atoms with Gasteiger partial charge in [0.2, 0.25) is 5.91 Å². The Bertz CT molecular complexity index is 1450. The highest BCUT2D eigenvalue weighted by Gasteiger charge is 2.43. The maximum Gasteiger partial charge on any atom is 0.249 e. The van der Waals surface area contributed by atoms with Crippen molar-refractivity contribution in [3.8, 4) is 22.5 Å². The molecule has 4 aromatic rings. The number of anilines is 1. The van der Waals surface area contributed by atoms with Crippen LogP contribution in [-0.2, 0) is 14.3 Å². The van der Waals surface area contributed by atoms with Crippen molar-refractivity contribution in [2.45, 2.75) is 44.1 Å². The van der Waals surface area contributed by atoms with Gasteiger partial charge in [-0.15, -0.1) is 0 Å². The average Bonchev–Trinajstić information content (AvgIpc) is 3.60. The molecule has 38 heavy (non-hydrogen) atoms. The smallest absolute Gasteiger partial charge is 0.249 e. The lowest BCUT2D eigenvalue weighted by Gasteiger charge is -2.37. The minimum absolute atomic E-state index is 0.101. The first-order chi connectivity index (χ1) is 18.3. The van der Waals surface area contributed by atoms with Crippen LogP contribution < -0.4 is 11.5 Å². The zero-order valence-corrected chi connectivity index (χ0v) is 21.4. The number of fused-ring (bicyclic) bond motifs is 1. The number of hydrogen-bond donors (Lipinski definition) is 3. The lowest BCUT2D eigenvalue weighted by Crippen LogP contribution is -2.49. The van der Waals surface area contributed by atoms with Crippen LogP contribution in [0.5, 0.6) is 0 Å². The van der Waals surface area contributed by atoms with Crippen LogP contribution in [0.3, 0.4) is 0 Å². The summed E-state index contributed by atoms with van der Waals surface area (Å²) in [5.41, 5.74) is 16.0. The van der Waals surface area contributed by atoms with Gasteiger partial charge >= 0.3 is 0 Å². The van der Waals surface area contributed by atoms with E-state index >= 15 is 0 Å². The number of H-pyrrole nitrogens is 1. The van der Waals surface area contributed by atoms with Gasteiger partial charge in [0, 0.05) is 36.5 Å². The number of pyridine rings is 1. The number of ketones is 1. The molecular weight excluding hydrogens is 486 g/mol. The van der Waals surface area contributed by atoms with Gasteiger partial charge in [0.15, 0.2) is 11.4 Å². The Hall–Kier alpha value is -4.09. The van der Waals surface area contributed by atoms with Gasteiger partial charge < -0.3 is 25.9 Å². The quantitative estimate of drug-likeness (QED) is 0.225. The average molecular weight is 518 g/mol. The second-order valence-electron chi connectivity index (χ2n) is 9.60. The maximum absolute atomic E-state index is 12.7. The summed E-state index contributed by atoms with van der Waals surface area (Å²) in [4.78, 5) is 37.7. The Morgan fingerprint density at radius 3 is 2.58 bits per heavy atom. The SMILES string of the molecule is COCCO[C@]1(C(N)=O)CC[C@H](c2nc3c(-c4ccc(-c5ccc[nH]5)nc4)cnn3c(N)c2C(C)=O)CC1. The molecule has 0 aliphatic heterocycles. The number of aromatic nitrogens is 5. The van der Waals surface area contributed by atoms with Gasteiger partial charge in [-0.05, 0) is 50.8 Å². The van der Waals surface area contributed by atoms with Gasteiger partial charge in [0.05, 0.1) is 42.1 Å². The molecule has 0 atom stereocenters. The molecule has 198 valence electrons. The molecular formula is C27H31N7O4. The maximum atomic E-state index is 12.7. The summed E-state index contributed by atoms with van der Waals surface area (Å²) in [5, 5.41) is 4.43. The van der Waals surface area contributed by atoms with E-state index in [1.165, 1.54) is 11.4 Å². The molecule has 1 aliphatic carbocycles. The second-order valence-corrected chi connectivity index (χ2v) is 9.60. The number of aromatic amines is 1. The summed E-state index contributed by atoms with van der Waals surface area (Å²) < 4.78 is 12.4. The third kappa shape index (κ3) is 4.54. The number of methoxy groups -OCH3 is 1. The Labute approximate surface area is 219 Å². The number of ether oxygens (including phenoxy) is 2. The zero-order valence-electron chi connectivity index (χ0n) is 21.4. The normalized spacial score (nSPS) is 19.6. The molecule has 0 radical (unpaired) electrons. The number of primary amides is 1. The van der Waals surface area contributed by atoms with Crippen molar-refractivity contribution in [1.82, 2.24) is 24.6 Å². The van der Waals surface area contributed by atoms with Crippen LogP contribution in [0.2, 0.25) is 0 Å². The van der Waals surface area contributed by atoms with E-state index in [2.05, 4.69) is 15.1 Å². The Balaban J connectivity index is 1.50. The number of Topliss-reactive ketones (excluding diaryl/α,β-unsaturated/α-hetero) is 1. The molecule has 1 saturated carbocycles. The number of nitrogens with one attached hydrogen (secondary N) is 1. The molecule has 1 aliphatic rings. The number of carbonyl (C=O) groups is 2. The van der Waals surface area contributed by atoms with Gasteiger partial charge in [-0.1, -0.05) is 6.07 Å². The fraction of sp³-hybridized carbons (Fsp3) is 0.370. The number of nitrogen functional groups attached to an aromatic ring is 1. The van der Waals surface area contributed by atoms with Crippen molar-refractivity contribution in [2.75, 3.05) is 26.1 Å². The molecule has 0 spiro atoms. The lowest BCUT2D eigenvalue weighted by molar-refractivity contribution is -0.151. The van der Waals surface area contributed by atoms with Crippen LogP contribution in [0.4, 0.5) is 5.82 Å². The first-order valence-electron chi connectivity index (χ1n) is 12.6. The van der Waals surface area contributed by atoms with E-state index in [0.717, 1.165) is 22.5 Å². The summed E-state index contributed by atoms with van der Waals surface area (Å²) >= 11 is 0. The molecule has 11 nitrogen and oxygen atoms in total. The first kappa shape index (κ1) is 25.6. The van der Waals surface area contributed by atoms with Crippen LogP contribution in [-0.4, -0.2) is 62.2 Å². The van der Waals surface area contributed by atoms with E-state index in [1.54, 1.807) is 19.5 Å². The topological polar surface area (TPSA) is 164 Å². The third-order valence-electron chi connectivity index (χ3n) is 7.31. The van der Waals surface area contributed by atoms with Crippen LogP contribution >= 0.6 is 0 Å². The van der Waals surface area contributed by atoms with E-state index in [4.69, 9.17) is 25.9 Å². The standard InChI is InChI=1S/C27H31N7O4/c1-16(35)22-23(17-7-9-27(10-8-17,26(29)36)38-13-12-37-2)33-25-19(15-32-34(25)24(22)28)18-5-6-21(31-14-18)20-4-3-11-30-20/h3-6,11,14-15,17,30H,7-10,12-13,28H2,1-2H3,(H2,29,36)/t17-,27+. The number of nitrogens with two attached hydrogens (primary N) is 2. The fourth-order valence-corrected chi connectivity index (χ4v) is 5.23. The van der Waals surface area contributed by atoms with Crippen molar-refractivity contribution in [3.05, 3.63) is 54.1 Å². The Morgan fingerprint density at radius 2 is 1.97 bits per heavy atom. The van der Waals surface area contributed by atoms with E-state index in [9.17, 15) is 9.59 Å². The van der Waals surface area contributed by atoms with Gasteiger partial charge in [-0.2, -0.15) is 9.61 Å². The summed E-state index contributed by atoms with van der Waals surface area (Å²) in [6.45, 7) is 2.11. The van der Waals surface area contributed by atoms with Gasteiger partial charge in [-0.3, -0.25) is 14.6 Å². The molecule has 0 aromatic carbocycles. The van der Waals surface area contributed by atoms with E-state index in [1.807, 2.05) is 30.5 Å². The molecule has 0 bridgehead atoms. The molecule has 1 amide bonds. The molecule has 5 rings (SSSR count). The van der Waals surface area contributed by atoms with E-state index in [-0.39, 0.29) is 24.1 Å². The highest BCUT2D eigenvalue weighted by Crippen LogP contribution is 2.42. The molecule has 1 fully saturated rings. The monoisotopic (exact) mass is 517 g/mol. The van der Waals surface area contributed by atoms with Crippen molar-refractivity contribution in [3.63, 3.8) is 0 Å². The minimum Gasteiger partial charge on any atom is -0.383 e. The predicted octanol–water partition coefficient (Wildman–Crippen LogP) is 3.12.